The minimum atomic E-state index is -0.490. The van der Waals surface area contributed by atoms with E-state index < -0.39 is 5.91 Å². The highest BCUT2D eigenvalue weighted by Gasteiger charge is 2.05. The predicted molar refractivity (Wildman–Crippen MR) is 68.0 cm³/mol. The van der Waals surface area contributed by atoms with E-state index in [0.717, 1.165) is 13.0 Å². The number of nitrogens with zero attached hydrogens (tertiary/aromatic N) is 1. The number of nitrogen functional groups attached to an aromatic ring is 1. The molecule has 0 saturated carbocycles. The fourth-order valence-corrected chi connectivity index (χ4v) is 1.40. The largest absolute Gasteiger partial charge is 0.491 e. The molecule has 0 aromatic heterocycles. The summed E-state index contributed by atoms with van der Waals surface area (Å²) in [6, 6.07) is 4.81. The van der Waals surface area contributed by atoms with Crippen LogP contribution in [-0.2, 0) is 0 Å². The van der Waals surface area contributed by atoms with Crippen molar-refractivity contribution >= 4 is 11.6 Å². The van der Waals surface area contributed by atoms with E-state index in [4.69, 9.17) is 16.2 Å². The molecule has 1 rings (SSSR count). The lowest BCUT2D eigenvalue weighted by molar-refractivity contribution is 0.100. The number of primary amides is 1. The zero-order chi connectivity index (χ0) is 12.8. The molecule has 5 heteroatoms. The van der Waals surface area contributed by atoms with Crippen molar-refractivity contribution in [2.24, 2.45) is 5.73 Å². The monoisotopic (exact) mass is 237 g/mol. The molecule has 1 aromatic carbocycles. The number of carbonyl (C=O) groups is 1. The van der Waals surface area contributed by atoms with Crippen molar-refractivity contribution in [2.75, 3.05) is 33.0 Å². The van der Waals surface area contributed by atoms with Crippen molar-refractivity contribution < 1.29 is 9.53 Å². The lowest BCUT2D eigenvalue weighted by atomic mass is 10.2. The van der Waals surface area contributed by atoms with Crippen LogP contribution < -0.4 is 16.2 Å². The van der Waals surface area contributed by atoms with E-state index in [1.54, 1.807) is 12.1 Å². The normalized spacial score (nSPS) is 10.5. The standard InChI is InChI=1S/C12H19N3O2/c1-15(2)6-3-7-17-11-5-4-9(12(14)16)8-10(11)13/h4-5,8H,3,6-7,13H2,1-2H3,(H2,14,16). The molecular weight excluding hydrogens is 218 g/mol. The van der Waals surface area contributed by atoms with Crippen LogP contribution in [0.3, 0.4) is 0 Å². The Hall–Kier alpha value is -1.75. The van der Waals surface area contributed by atoms with Crippen molar-refractivity contribution in [2.45, 2.75) is 6.42 Å². The van der Waals surface area contributed by atoms with Crippen molar-refractivity contribution in [1.82, 2.24) is 4.90 Å². The van der Waals surface area contributed by atoms with Crippen LogP contribution in [-0.4, -0.2) is 38.1 Å². The molecule has 0 aliphatic carbocycles. The number of carbonyl (C=O) groups excluding carboxylic acids is 1. The van der Waals surface area contributed by atoms with E-state index in [-0.39, 0.29) is 0 Å². The molecule has 0 heterocycles. The molecule has 0 bridgehead atoms. The Morgan fingerprint density at radius 3 is 2.65 bits per heavy atom. The summed E-state index contributed by atoms with van der Waals surface area (Å²) in [6.45, 7) is 1.55. The van der Waals surface area contributed by atoms with Gasteiger partial charge in [0.25, 0.3) is 0 Å². The van der Waals surface area contributed by atoms with Gasteiger partial charge in [-0.25, -0.2) is 0 Å². The Labute approximate surface area is 101 Å². The number of hydrogen-bond donors (Lipinski definition) is 2. The molecule has 1 aromatic rings. The summed E-state index contributed by atoms with van der Waals surface area (Å²) in [4.78, 5) is 13.0. The molecule has 94 valence electrons. The lowest BCUT2D eigenvalue weighted by Crippen LogP contribution is -2.16. The van der Waals surface area contributed by atoms with Gasteiger partial charge in [-0.05, 0) is 38.7 Å². The quantitative estimate of drug-likeness (QED) is 0.563. The number of amides is 1. The van der Waals surface area contributed by atoms with Crippen LogP contribution in [0.2, 0.25) is 0 Å². The molecular formula is C12H19N3O2. The van der Waals surface area contributed by atoms with Gasteiger partial charge in [0.15, 0.2) is 0 Å². The van der Waals surface area contributed by atoms with Crippen LogP contribution >= 0.6 is 0 Å². The number of benzene rings is 1. The van der Waals surface area contributed by atoms with Gasteiger partial charge in [0.05, 0.1) is 12.3 Å². The molecule has 0 atom stereocenters. The number of ether oxygens (including phenoxy) is 1. The van der Waals surface area contributed by atoms with Gasteiger partial charge in [-0.3, -0.25) is 4.79 Å². The molecule has 5 nitrogen and oxygen atoms in total. The highest BCUT2D eigenvalue weighted by atomic mass is 16.5. The SMILES string of the molecule is CN(C)CCCOc1ccc(C(N)=O)cc1N. The fraction of sp³-hybridized carbons (Fsp3) is 0.417. The van der Waals surface area contributed by atoms with Crippen molar-refractivity contribution in [1.29, 1.82) is 0 Å². The second kappa shape index (κ2) is 6.10. The minimum Gasteiger partial charge on any atom is -0.491 e. The first-order valence-electron chi connectivity index (χ1n) is 5.47. The van der Waals surface area contributed by atoms with Gasteiger partial charge in [0.2, 0.25) is 5.91 Å². The first-order chi connectivity index (χ1) is 8.00. The highest BCUT2D eigenvalue weighted by molar-refractivity contribution is 5.94. The third-order valence-electron chi connectivity index (χ3n) is 2.30. The van der Waals surface area contributed by atoms with Crippen LogP contribution in [0.4, 0.5) is 5.69 Å². The topological polar surface area (TPSA) is 81.6 Å². The zero-order valence-electron chi connectivity index (χ0n) is 10.3. The highest BCUT2D eigenvalue weighted by Crippen LogP contribution is 2.22. The van der Waals surface area contributed by atoms with E-state index in [1.807, 2.05) is 14.1 Å². The van der Waals surface area contributed by atoms with E-state index in [0.29, 0.717) is 23.6 Å². The summed E-state index contributed by atoms with van der Waals surface area (Å²) >= 11 is 0. The average Bonchev–Trinajstić information content (AvgIpc) is 2.25. The van der Waals surface area contributed by atoms with Crippen LogP contribution in [0.15, 0.2) is 18.2 Å². The van der Waals surface area contributed by atoms with Crippen molar-refractivity contribution in [3.8, 4) is 5.75 Å². The molecule has 0 fully saturated rings. The minimum absolute atomic E-state index is 0.392. The van der Waals surface area contributed by atoms with Gasteiger partial charge in [-0.2, -0.15) is 0 Å². The van der Waals surface area contributed by atoms with Gasteiger partial charge in [-0.1, -0.05) is 0 Å². The smallest absolute Gasteiger partial charge is 0.248 e. The number of anilines is 1. The van der Waals surface area contributed by atoms with Crippen molar-refractivity contribution in [3.05, 3.63) is 23.8 Å². The maximum atomic E-state index is 10.9. The van der Waals surface area contributed by atoms with Crippen LogP contribution in [0.1, 0.15) is 16.8 Å². The zero-order valence-corrected chi connectivity index (χ0v) is 10.3. The summed E-state index contributed by atoms with van der Waals surface area (Å²) in [5.74, 6) is 0.101. The Balaban J connectivity index is 2.52. The van der Waals surface area contributed by atoms with Gasteiger partial charge in [-0.15, -0.1) is 0 Å². The average molecular weight is 237 g/mol. The number of hydrogen-bond acceptors (Lipinski definition) is 4. The van der Waals surface area contributed by atoms with Crippen LogP contribution in [0.25, 0.3) is 0 Å². The molecule has 0 radical (unpaired) electrons. The Bertz CT molecular complexity index is 391. The van der Waals surface area contributed by atoms with Crippen LogP contribution in [0, 0.1) is 0 Å². The third-order valence-corrected chi connectivity index (χ3v) is 2.30. The maximum absolute atomic E-state index is 10.9. The summed E-state index contributed by atoms with van der Waals surface area (Å²) in [7, 11) is 4.02. The van der Waals surface area contributed by atoms with E-state index in [1.165, 1.54) is 6.07 Å². The third kappa shape index (κ3) is 4.32. The Morgan fingerprint density at radius 2 is 2.12 bits per heavy atom. The molecule has 0 spiro atoms. The summed E-state index contributed by atoms with van der Waals surface area (Å²) < 4.78 is 5.52. The Morgan fingerprint density at radius 1 is 1.41 bits per heavy atom. The number of nitrogens with two attached hydrogens (primary N) is 2. The van der Waals surface area contributed by atoms with E-state index in [9.17, 15) is 4.79 Å². The molecule has 17 heavy (non-hydrogen) atoms. The summed E-state index contributed by atoms with van der Waals surface area (Å²) in [6.07, 6.45) is 0.921. The van der Waals surface area contributed by atoms with Gasteiger partial charge in [0.1, 0.15) is 5.75 Å². The maximum Gasteiger partial charge on any atom is 0.248 e. The molecule has 0 aliphatic rings. The van der Waals surface area contributed by atoms with Gasteiger partial charge in [0, 0.05) is 12.1 Å². The first kappa shape index (κ1) is 13.3. The second-order valence-corrected chi connectivity index (χ2v) is 4.12. The summed E-state index contributed by atoms with van der Waals surface area (Å²) in [5, 5.41) is 0. The molecule has 0 aliphatic heterocycles. The molecule has 0 unspecified atom stereocenters. The van der Waals surface area contributed by atoms with E-state index >= 15 is 0 Å². The molecule has 4 N–H and O–H groups in total. The Kier molecular flexibility index (Phi) is 4.78. The molecule has 0 saturated heterocycles. The lowest BCUT2D eigenvalue weighted by Gasteiger charge is -2.12. The fourth-order valence-electron chi connectivity index (χ4n) is 1.40. The second-order valence-electron chi connectivity index (χ2n) is 4.12. The van der Waals surface area contributed by atoms with Crippen molar-refractivity contribution in [3.63, 3.8) is 0 Å². The van der Waals surface area contributed by atoms with Gasteiger partial charge >= 0.3 is 0 Å². The first-order valence-corrected chi connectivity index (χ1v) is 5.47. The molecule has 1 amide bonds. The summed E-state index contributed by atoms with van der Waals surface area (Å²) in [5.41, 5.74) is 11.7. The predicted octanol–water partition coefficient (Wildman–Crippen LogP) is 0.698. The van der Waals surface area contributed by atoms with E-state index in [2.05, 4.69) is 4.90 Å². The van der Waals surface area contributed by atoms with Crippen LogP contribution in [0.5, 0.6) is 5.75 Å². The number of rotatable bonds is 6. The van der Waals surface area contributed by atoms with Gasteiger partial charge < -0.3 is 21.1 Å².